The molecule has 0 saturated carbocycles. The van der Waals surface area contributed by atoms with Gasteiger partial charge in [-0.25, -0.2) is 13.4 Å². The van der Waals surface area contributed by atoms with Crippen LogP contribution in [0.4, 0.5) is 0 Å². The number of rotatable bonds is 5. The van der Waals surface area contributed by atoms with Crippen molar-refractivity contribution in [2.75, 3.05) is 19.3 Å². The SMILES string of the molecule is CS(=O)(=O)Cc1nc2ccccc2n1CC(=O)N1CCCC(C(=O)O)C1. The Hall–Kier alpha value is -2.42. The molecule has 1 amide bonds. The number of likely N-dealkylation sites (tertiary alicyclic amines) is 1. The van der Waals surface area contributed by atoms with E-state index in [-0.39, 0.29) is 24.7 Å². The van der Waals surface area contributed by atoms with Gasteiger partial charge in [0.2, 0.25) is 5.91 Å². The second-order valence-corrected chi connectivity index (χ2v) is 8.83. The Morgan fingerprint density at radius 1 is 1.31 bits per heavy atom. The van der Waals surface area contributed by atoms with Gasteiger partial charge in [0.05, 0.1) is 17.0 Å². The van der Waals surface area contributed by atoms with Crippen LogP contribution in [0, 0.1) is 5.92 Å². The fourth-order valence-corrected chi connectivity index (χ4v) is 3.98. The molecule has 2 aromatic rings. The molecule has 1 aliphatic rings. The number of imidazole rings is 1. The van der Waals surface area contributed by atoms with Crippen LogP contribution in [0.3, 0.4) is 0 Å². The summed E-state index contributed by atoms with van der Waals surface area (Å²) in [5.41, 5.74) is 1.31. The number of aliphatic carboxylic acids is 1. The summed E-state index contributed by atoms with van der Waals surface area (Å²) >= 11 is 0. The average Bonchev–Trinajstić information content (AvgIpc) is 2.90. The zero-order valence-electron chi connectivity index (χ0n) is 14.5. The van der Waals surface area contributed by atoms with Crippen LogP contribution in [0.2, 0.25) is 0 Å². The predicted molar refractivity (Wildman–Crippen MR) is 95.2 cm³/mol. The maximum Gasteiger partial charge on any atom is 0.308 e. The quantitative estimate of drug-likeness (QED) is 0.827. The van der Waals surface area contributed by atoms with Crippen LogP contribution in [-0.4, -0.2) is 59.2 Å². The lowest BCUT2D eigenvalue weighted by Crippen LogP contribution is -2.43. The van der Waals surface area contributed by atoms with Gasteiger partial charge in [0.1, 0.15) is 18.1 Å². The molecule has 1 unspecified atom stereocenters. The van der Waals surface area contributed by atoms with Crippen LogP contribution in [0.25, 0.3) is 11.0 Å². The fraction of sp³-hybridized carbons (Fsp3) is 0.471. The van der Waals surface area contributed by atoms with E-state index in [1.54, 1.807) is 33.7 Å². The van der Waals surface area contributed by atoms with Crippen molar-refractivity contribution < 1.29 is 23.1 Å². The molecule has 140 valence electrons. The Morgan fingerprint density at radius 2 is 2.04 bits per heavy atom. The number of carbonyl (C=O) groups is 2. The molecule has 1 aliphatic heterocycles. The standard InChI is InChI=1S/C17H21N3O5S/c1-26(24,25)11-15-18-13-6-2-3-7-14(13)20(15)10-16(21)19-8-4-5-12(9-19)17(22)23/h2-3,6-7,12H,4-5,8-11H2,1H3,(H,22,23). The van der Waals surface area contributed by atoms with Gasteiger partial charge in [-0.2, -0.15) is 0 Å². The second-order valence-electron chi connectivity index (χ2n) is 6.69. The summed E-state index contributed by atoms with van der Waals surface area (Å²) in [6, 6.07) is 7.16. The van der Waals surface area contributed by atoms with E-state index in [1.165, 1.54) is 0 Å². The van der Waals surface area contributed by atoms with Crippen molar-refractivity contribution in [3.63, 3.8) is 0 Å². The van der Waals surface area contributed by atoms with Crippen LogP contribution in [0.5, 0.6) is 0 Å². The maximum atomic E-state index is 12.7. The Bertz CT molecular complexity index is 950. The molecule has 1 saturated heterocycles. The number of benzene rings is 1. The number of hydrogen-bond donors (Lipinski definition) is 1. The van der Waals surface area contributed by atoms with Crippen molar-refractivity contribution in [2.24, 2.45) is 5.92 Å². The number of sulfone groups is 1. The number of amides is 1. The van der Waals surface area contributed by atoms with E-state index >= 15 is 0 Å². The lowest BCUT2D eigenvalue weighted by atomic mass is 9.98. The molecule has 1 aromatic heterocycles. The molecule has 3 rings (SSSR count). The minimum absolute atomic E-state index is 0.0578. The first-order valence-electron chi connectivity index (χ1n) is 8.37. The van der Waals surface area contributed by atoms with Crippen molar-refractivity contribution in [3.8, 4) is 0 Å². The molecule has 1 atom stereocenters. The summed E-state index contributed by atoms with van der Waals surface area (Å²) in [7, 11) is -3.31. The van der Waals surface area contributed by atoms with E-state index in [2.05, 4.69) is 4.98 Å². The van der Waals surface area contributed by atoms with Gasteiger partial charge in [0, 0.05) is 19.3 Å². The number of piperidine rings is 1. The summed E-state index contributed by atoms with van der Waals surface area (Å²) in [6.45, 7) is 0.635. The van der Waals surface area contributed by atoms with Crippen LogP contribution in [-0.2, 0) is 31.7 Å². The van der Waals surface area contributed by atoms with Crippen molar-refractivity contribution in [2.45, 2.75) is 25.1 Å². The van der Waals surface area contributed by atoms with Crippen molar-refractivity contribution in [1.82, 2.24) is 14.5 Å². The molecule has 1 aromatic carbocycles. The molecular weight excluding hydrogens is 358 g/mol. The molecule has 9 heteroatoms. The van der Waals surface area contributed by atoms with Crippen molar-refractivity contribution >= 4 is 32.7 Å². The number of nitrogens with zero attached hydrogens (tertiary/aromatic N) is 3. The third kappa shape index (κ3) is 4.04. The first-order valence-corrected chi connectivity index (χ1v) is 10.4. The van der Waals surface area contributed by atoms with Gasteiger partial charge in [0.25, 0.3) is 0 Å². The van der Waals surface area contributed by atoms with Crippen LogP contribution < -0.4 is 0 Å². The van der Waals surface area contributed by atoms with Gasteiger partial charge in [-0.3, -0.25) is 9.59 Å². The van der Waals surface area contributed by atoms with Crippen molar-refractivity contribution in [3.05, 3.63) is 30.1 Å². The maximum absolute atomic E-state index is 12.7. The topological polar surface area (TPSA) is 110 Å². The normalized spacial score (nSPS) is 18.2. The summed E-state index contributed by atoms with van der Waals surface area (Å²) in [5.74, 6) is -1.62. The van der Waals surface area contributed by atoms with E-state index in [1.807, 2.05) is 0 Å². The van der Waals surface area contributed by atoms with E-state index < -0.39 is 21.7 Å². The smallest absolute Gasteiger partial charge is 0.308 e. The van der Waals surface area contributed by atoms with Crippen LogP contribution in [0.1, 0.15) is 18.7 Å². The minimum Gasteiger partial charge on any atom is -0.481 e. The summed E-state index contributed by atoms with van der Waals surface area (Å²) < 4.78 is 25.1. The molecule has 1 N–H and O–H groups in total. The molecule has 0 aliphatic carbocycles. The molecular formula is C17H21N3O5S. The van der Waals surface area contributed by atoms with E-state index in [0.29, 0.717) is 36.2 Å². The second kappa shape index (κ2) is 7.06. The molecule has 26 heavy (non-hydrogen) atoms. The number of aromatic nitrogens is 2. The van der Waals surface area contributed by atoms with Gasteiger partial charge >= 0.3 is 5.97 Å². The Kier molecular flexibility index (Phi) is 4.99. The lowest BCUT2D eigenvalue weighted by molar-refractivity contribution is -0.145. The van der Waals surface area contributed by atoms with Gasteiger partial charge < -0.3 is 14.6 Å². The predicted octanol–water partition coefficient (Wildman–Crippen LogP) is 0.904. The Morgan fingerprint density at radius 3 is 2.73 bits per heavy atom. The molecule has 0 radical (unpaired) electrons. The van der Waals surface area contributed by atoms with Gasteiger partial charge in [0.15, 0.2) is 9.84 Å². The van der Waals surface area contributed by atoms with E-state index in [4.69, 9.17) is 0 Å². The number of carbonyl (C=O) groups excluding carboxylic acids is 1. The van der Waals surface area contributed by atoms with Crippen LogP contribution >= 0.6 is 0 Å². The highest BCUT2D eigenvalue weighted by atomic mass is 32.2. The highest BCUT2D eigenvalue weighted by molar-refractivity contribution is 7.89. The molecule has 2 heterocycles. The highest BCUT2D eigenvalue weighted by Gasteiger charge is 2.29. The third-order valence-corrected chi connectivity index (χ3v) is 5.32. The fourth-order valence-electron chi connectivity index (χ4n) is 3.29. The molecule has 0 spiro atoms. The first kappa shape index (κ1) is 18.4. The summed E-state index contributed by atoms with van der Waals surface area (Å²) in [6.07, 6.45) is 2.33. The van der Waals surface area contributed by atoms with E-state index in [9.17, 15) is 23.1 Å². The van der Waals surface area contributed by atoms with Crippen molar-refractivity contribution in [1.29, 1.82) is 0 Å². The monoisotopic (exact) mass is 379 g/mol. The van der Waals surface area contributed by atoms with Crippen LogP contribution in [0.15, 0.2) is 24.3 Å². The summed E-state index contributed by atoms with van der Waals surface area (Å²) in [4.78, 5) is 29.8. The van der Waals surface area contributed by atoms with Gasteiger partial charge in [-0.05, 0) is 25.0 Å². The molecule has 0 bridgehead atoms. The number of carboxylic acids is 1. The molecule has 8 nitrogen and oxygen atoms in total. The zero-order chi connectivity index (χ0) is 18.9. The largest absolute Gasteiger partial charge is 0.481 e. The number of para-hydroxylation sites is 2. The summed E-state index contributed by atoms with van der Waals surface area (Å²) in [5, 5.41) is 9.19. The van der Waals surface area contributed by atoms with E-state index in [0.717, 1.165) is 6.26 Å². The van der Waals surface area contributed by atoms with Gasteiger partial charge in [-0.15, -0.1) is 0 Å². The number of hydrogen-bond acceptors (Lipinski definition) is 5. The molecule has 1 fully saturated rings. The minimum atomic E-state index is -3.31. The Labute approximate surface area is 151 Å². The Balaban J connectivity index is 1.88. The number of fused-ring (bicyclic) bond motifs is 1. The number of carboxylic acid groups (broad SMARTS) is 1. The zero-order valence-corrected chi connectivity index (χ0v) is 15.3. The third-order valence-electron chi connectivity index (χ3n) is 4.54. The highest BCUT2D eigenvalue weighted by Crippen LogP contribution is 2.20. The van der Waals surface area contributed by atoms with Gasteiger partial charge in [-0.1, -0.05) is 12.1 Å². The lowest BCUT2D eigenvalue weighted by Gasteiger charge is -2.31. The average molecular weight is 379 g/mol. The first-order chi connectivity index (χ1) is 12.2.